The van der Waals surface area contributed by atoms with Gasteiger partial charge in [-0.2, -0.15) is 0 Å². The van der Waals surface area contributed by atoms with Gasteiger partial charge in [0, 0.05) is 6.08 Å². The maximum Gasteiger partial charge on any atom is 0.248 e. The third kappa shape index (κ3) is 4.12. The molecule has 0 heterocycles. The van der Waals surface area contributed by atoms with Crippen LogP contribution in [0.25, 0.3) is 6.08 Å². The molecule has 0 unspecified atom stereocenters. The highest BCUT2D eigenvalue weighted by atomic mass is 16.5. The van der Waals surface area contributed by atoms with E-state index in [1.54, 1.807) is 20.3 Å². The summed E-state index contributed by atoms with van der Waals surface area (Å²) in [5, 5.41) is 2.82. The molecule has 0 aromatic heterocycles. The fraction of sp³-hybridized carbons (Fsp3) is 0.167. The third-order valence-electron chi connectivity index (χ3n) is 3.16. The molecule has 2 aromatic carbocycles. The Morgan fingerprint density at radius 3 is 2.41 bits per heavy atom. The zero-order valence-corrected chi connectivity index (χ0v) is 12.9. The molecule has 4 heteroatoms. The van der Waals surface area contributed by atoms with Gasteiger partial charge in [-0.15, -0.1) is 0 Å². The number of rotatable bonds is 5. The molecular weight excluding hydrogens is 278 g/mol. The van der Waals surface area contributed by atoms with Gasteiger partial charge in [0.1, 0.15) is 11.5 Å². The summed E-state index contributed by atoms with van der Waals surface area (Å²) < 4.78 is 10.3. The van der Waals surface area contributed by atoms with Crippen LogP contribution in [0.5, 0.6) is 11.5 Å². The molecule has 2 rings (SSSR count). The normalized spacial score (nSPS) is 10.5. The molecule has 22 heavy (non-hydrogen) atoms. The van der Waals surface area contributed by atoms with Gasteiger partial charge >= 0.3 is 0 Å². The number of methoxy groups -OCH3 is 2. The highest BCUT2D eigenvalue weighted by Gasteiger charge is 2.05. The van der Waals surface area contributed by atoms with E-state index in [4.69, 9.17) is 9.47 Å². The number of carbonyl (C=O) groups is 1. The molecule has 0 bridgehead atoms. The second-order valence-corrected chi connectivity index (χ2v) is 4.80. The summed E-state index contributed by atoms with van der Waals surface area (Å²) in [7, 11) is 3.20. The van der Waals surface area contributed by atoms with Gasteiger partial charge in [0.15, 0.2) is 0 Å². The number of hydrogen-bond acceptors (Lipinski definition) is 3. The molecule has 1 amide bonds. The Hall–Kier alpha value is -2.75. The van der Waals surface area contributed by atoms with Gasteiger partial charge in [0.25, 0.3) is 0 Å². The Bertz CT molecular complexity index is 675. The van der Waals surface area contributed by atoms with E-state index in [0.717, 1.165) is 16.9 Å². The Kier molecular flexibility index (Phi) is 5.20. The first-order valence-electron chi connectivity index (χ1n) is 6.90. The fourth-order valence-corrected chi connectivity index (χ4v) is 1.98. The average Bonchev–Trinajstić information content (AvgIpc) is 2.53. The van der Waals surface area contributed by atoms with E-state index in [1.165, 1.54) is 6.08 Å². The predicted octanol–water partition coefficient (Wildman–Crippen LogP) is 3.66. The van der Waals surface area contributed by atoms with Crippen molar-refractivity contribution in [2.45, 2.75) is 6.92 Å². The summed E-state index contributed by atoms with van der Waals surface area (Å²) in [4.78, 5) is 12.0. The Morgan fingerprint density at radius 1 is 1.05 bits per heavy atom. The molecule has 2 aromatic rings. The van der Waals surface area contributed by atoms with Crippen LogP contribution in [0.1, 0.15) is 11.1 Å². The minimum atomic E-state index is -0.209. The lowest BCUT2D eigenvalue weighted by Crippen LogP contribution is -2.09. The number of hydrogen-bond donors (Lipinski definition) is 1. The van der Waals surface area contributed by atoms with Crippen molar-refractivity contribution in [2.24, 2.45) is 0 Å². The molecule has 0 aliphatic carbocycles. The van der Waals surface area contributed by atoms with Crippen molar-refractivity contribution in [1.82, 2.24) is 0 Å². The second kappa shape index (κ2) is 7.31. The third-order valence-corrected chi connectivity index (χ3v) is 3.16. The van der Waals surface area contributed by atoms with Crippen molar-refractivity contribution < 1.29 is 14.3 Å². The zero-order chi connectivity index (χ0) is 15.9. The van der Waals surface area contributed by atoms with Crippen LogP contribution in [-0.4, -0.2) is 20.1 Å². The molecule has 0 aliphatic rings. The number of benzene rings is 2. The minimum Gasteiger partial charge on any atom is -0.497 e. The van der Waals surface area contributed by atoms with Crippen LogP contribution in [0.4, 0.5) is 5.69 Å². The quantitative estimate of drug-likeness (QED) is 0.857. The van der Waals surface area contributed by atoms with Gasteiger partial charge in [0.05, 0.1) is 19.9 Å². The van der Waals surface area contributed by atoms with Gasteiger partial charge in [-0.25, -0.2) is 0 Å². The lowest BCUT2D eigenvalue weighted by Gasteiger charge is -2.09. The smallest absolute Gasteiger partial charge is 0.248 e. The molecule has 0 radical (unpaired) electrons. The van der Waals surface area contributed by atoms with Crippen molar-refractivity contribution in [1.29, 1.82) is 0 Å². The summed E-state index contributed by atoms with van der Waals surface area (Å²) in [6, 6.07) is 13.1. The first kappa shape index (κ1) is 15.6. The number of anilines is 1. The molecule has 0 saturated heterocycles. The molecule has 0 atom stereocenters. The van der Waals surface area contributed by atoms with Crippen LogP contribution in [0.15, 0.2) is 48.5 Å². The largest absolute Gasteiger partial charge is 0.497 e. The molecule has 114 valence electrons. The van der Waals surface area contributed by atoms with Crippen LogP contribution in [0.2, 0.25) is 0 Å². The van der Waals surface area contributed by atoms with Gasteiger partial charge in [-0.05, 0) is 48.4 Å². The number of amides is 1. The maximum atomic E-state index is 12.0. The lowest BCUT2D eigenvalue weighted by atomic mass is 10.2. The fourth-order valence-electron chi connectivity index (χ4n) is 1.98. The summed E-state index contributed by atoms with van der Waals surface area (Å²) in [5.74, 6) is 1.21. The minimum absolute atomic E-state index is 0.209. The number of carbonyl (C=O) groups excluding carboxylic acids is 1. The molecule has 0 fully saturated rings. The maximum absolute atomic E-state index is 12.0. The highest BCUT2D eigenvalue weighted by Crippen LogP contribution is 2.25. The SMILES string of the molecule is COc1ccc(/C=C/C(=O)Nc2cc(C)ccc2OC)cc1. The average molecular weight is 297 g/mol. The van der Waals surface area contributed by atoms with Gasteiger partial charge in [-0.1, -0.05) is 18.2 Å². The predicted molar refractivity (Wildman–Crippen MR) is 88.4 cm³/mol. The molecule has 0 aliphatic heterocycles. The van der Waals surface area contributed by atoms with Crippen LogP contribution < -0.4 is 14.8 Å². The summed E-state index contributed by atoms with van der Waals surface area (Å²) in [6.45, 7) is 1.96. The first-order valence-corrected chi connectivity index (χ1v) is 6.90. The van der Waals surface area contributed by atoms with Crippen molar-refractivity contribution in [3.63, 3.8) is 0 Å². The van der Waals surface area contributed by atoms with Crippen molar-refractivity contribution in [3.8, 4) is 11.5 Å². The van der Waals surface area contributed by atoms with Crippen LogP contribution in [0.3, 0.4) is 0 Å². The van der Waals surface area contributed by atoms with E-state index in [9.17, 15) is 4.79 Å². The first-order chi connectivity index (χ1) is 10.6. The topological polar surface area (TPSA) is 47.6 Å². The zero-order valence-electron chi connectivity index (χ0n) is 12.9. The van der Waals surface area contributed by atoms with E-state index in [0.29, 0.717) is 11.4 Å². The van der Waals surface area contributed by atoms with E-state index in [2.05, 4.69) is 5.32 Å². The van der Waals surface area contributed by atoms with Gasteiger partial charge in [0.2, 0.25) is 5.91 Å². The van der Waals surface area contributed by atoms with E-state index < -0.39 is 0 Å². The summed E-state index contributed by atoms with van der Waals surface area (Å²) in [5.41, 5.74) is 2.63. The van der Waals surface area contributed by atoms with E-state index >= 15 is 0 Å². The molecule has 1 N–H and O–H groups in total. The number of ether oxygens (including phenoxy) is 2. The standard InChI is InChI=1S/C18H19NO3/c1-13-4-10-17(22-3)16(12-13)19-18(20)11-7-14-5-8-15(21-2)9-6-14/h4-12H,1-3H3,(H,19,20)/b11-7+. The highest BCUT2D eigenvalue weighted by molar-refractivity contribution is 6.02. The number of aryl methyl sites for hydroxylation is 1. The lowest BCUT2D eigenvalue weighted by molar-refractivity contribution is -0.111. The summed E-state index contributed by atoms with van der Waals surface area (Å²) in [6.07, 6.45) is 3.24. The van der Waals surface area contributed by atoms with Crippen LogP contribution >= 0.6 is 0 Å². The van der Waals surface area contributed by atoms with Crippen molar-refractivity contribution >= 4 is 17.7 Å². The molecule has 4 nitrogen and oxygen atoms in total. The Balaban J connectivity index is 2.06. The van der Waals surface area contributed by atoms with Crippen LogP contribution in [0, 0.1) is 6.92 Å². The molecule has 0 spiro atoms. The number of nitrogens with one attached hydrogen (secondary N) is 1. The molecule has 0 saturated carbocycles. The van der Waals surface area contributed by atoms with Gasteiger partial charge < -0.3 is 14.8 Å². The van der Waals surface area contributed by atoms with Gasteiger partial charge in [-0.3, -0.25) is 4.79 Å². The molecular formula is C18H19NO3. The Labute approximate surface area is 130 Å². The summed E-state index contributed by atoms with van der Waals surface area (Å²) >= 11 is 0. The second-order valence-electron chi connectivity index (χ2n) is 4.80. The van der Waals surface area contributed by atoms with Crippen molar-refractivity contribution in [3.05, 3.63) is 59.7 Å². The monoisotopic (exact) mass is 297 g/mol. The van der Waals surface area contributed by atoms with Crippen molar-refractivity contribution in [2.75, 3.05) is 19.5 Å². The van der Waals surface area contributed by atoms with E-state index in [1.807, 2.05) is 49.4 Å². The van der Waals surface area contributed by atoms with E-state index in [-0.39, 0.29) is 5.91 Å². The van der Waals surface area contributed by atoms with Crippen LogP contribution in [-0.2, 0) is 4.79 Å². The Morgan fingerprint density at radius 2 is 1.77 bits per heavy atom.